The summed E-state index contributed by atoms with van der Waals surface area (Å²) < 4.78 is 13.9. The first-order valence-corrected chi connectivity index (χ1v) is 10.4. The second-order valence-corrected chi connectivity index (χ2v) is 7.79. The molecule has 3 rings (SSSR count). The van der Waals surface area contributed by atoms with E-state index in [1.165, 1.54) is 6.07 Å². The van der Waals surface area contributed by atoms with E-state index in [2.05, 4.69) is 10.6 Å². The number of carbonyl (C=O) groups is 1. The summed E-state index contributed by atoms with van der Waals surface area (Å²) in [4.78, 5) is 12.7. The normalized spacial score (nSPS) is 12.9. The van der Waals surface area contributed by atoms with Gasteiger partial charge in [0.2, 0.25) is 5.91 Å². The van der Waals surface area contributed by atoms with Gasteiger partial charge in [-0.25, -0.2) is 4.39 Å². The Morgan fingerprint density at radius 3 is 2.33 bits per heavy atom. The summed E-state index contributed by atoms with van der Waals surface area (Å²) in [6, 6.07) is 21.8. The van der Waals surface area contributed by atoms with Crippen LogP contribution in [0.5, 0.6) is 0 Å². The molecule has 2 atom stereocenters. The van der Waals surface area contributed by atoms with Gasteiger partial charge in [0.25, 0.3) is 0 Å². The number of halogens is 2. The molecule has 3 nitrogen and oxygen atoms in total. The van der Waals surface area contributed by atoms with Crippen molar-refractivity contribution in [2.75, 3.05) is 7.05 Å². The van der Waals surface area contributed by atoms with E-state index in [9.17, 15) is 9.18 Å². The van der Waals surface area contributed by atoms with E-state index in [1.807, 2.05) is 60.7 Å². The zero-order valence-electron chi connectivity index (χ0n) is 17.2. The molecule has 0 saturated heterocycles. The summed E-state index contributed by atoms with van der Waals surface area (Å²) >= 11 is 6.00. The van der Waals surface area contributed by atoms with Crippen LogP contribution in [0.3, 0.4) is 0 Å². The average molecular weight is 425 g/mol. The van der Waals surface area contributed by atoms with E-state index in [0.717, 1.165) is 29.5 Å². The highest BCUT2D eigenvalue weighted by Gasteiger charge is 2.24. The summed E-state index contributed by atoms with van der Waals surface area (Å²) in [5.74, 6) is -0.349. The minimum absolute atomic E-state index is 0.114. The third-order valence-corrected chi connectivity index (χ3v) is 5.48. The van der Waals surface area contributed by atoms with Crippen LogP contribution in [-0.4, -0.2) is 13.0 Å². The van der Waals surface area contributed by atoms with Crippen molar-refractivity contribution in [3.8, 4) is 0 Å². The SMILES string of the molecule is CNC(=O)[C@@H](N[C@@H](CCc1ccc(Cl)cc1)c1ccc(F)c(C)c1)c1ccccc1. The largest absolute Gasteiger partial charge is 0.358 e. The lowest BCUT2D eigenvalue weighted by molar-refractivity contribution is -0.123. The predicted octanol–water partition coefficient (Wildman–Crippen LogP) is 5.54. The van der Waals surface area contributed by atoms with Gasteiger partial charge in [-0.2, -0.15) is 0 Å². The lowest BCUT2D eigenvalue weighted by Gasteiger charge is -2.26. The van der Waals surface area contributed by atoms with Crippen molar-refractivity contribution in [3.05, 3.63) is 106 Å². The maximum Gasteiger partial charge on any atom is 0.241 e. The van der Waals surface area contributed by atoms with Gasteiger partial charge < -0.3 is 5.32 Å². The highest BCUT2D eigenvalue weighted by molar-refractivity contribution is 6.30. The van der Waals surface area contributed by atoms with Crippen molar-refractivity contribution < 1.29 is 9.18 Å². The van der Waals surface area contributed by atoms with E-state index in [1.54, 1.807) is 20.0 Å². The van der Waals surface area contributed by atoms with Gasteiger partial charge in [0, 0.05) is 18.1 Å². The number of aryl methyl sites for hydroxylation is 2. The molecule has 5 heteroatoms. The Balaban J connectivity index is 1.89. The van der Waals surface area contributed by atoms with Crippen LogP contribution in [0.25, 0.3) is 0 Å². The number of hydrogen-bond acceptors (Lipinski definition) is 2. The molecule has 3 aromatic rings. The van der Waals surface area contributed by atoms with Crippen LogP contribution in [0.4, 0.5) is 4.39 Å². The minimum Gasteiger partial charge on any atom is -0.358 e. The first kappa shape index (κ1) is 22.0. The van der Waals surface area contributed by atoms with E-state index in [4.69, 9.17) is 11.6 Å². The minimum atomic E-state index is -0.517. The second-order valence-electron chi connectivity index (χ2n) is 7.35. The van der Waals surface area contributed by atoms with E-state index >= 15 is 0 Å². The maximum atomic E-state index is 13.9. The Morgan fingerprint density at radius 2 is 1.70 bits per heavy atom. The molecule has 0 aliphatic carbocycles. The molecule has 0 bridgehead atoms. The zero-order chi connectivity index (χ0) is 21.5. The van der Waals surface area contributed by atoms with Crippen LogP contribution in [0.2, 0.25) is 5.02 Å². The third kappa shape index (κ3) is 5.68. The lowest BCUT2D eigenvalue weighted by Crippen LogP contribution is -2.38. The molecule has 3 aromatic carbocycles. The molecule has 1 amide bonds. The van der Waals surface area contributed by atoms with E-state index in [-0.39, 0.29) is 17.8 Å². The van der Waals surface area contributed by atoms with Gasteiger partial charge in [0.05, 0.1) is 0 Å². The fourth-order valence-electron chi connectivity index (χ4n) is 3.51. The number of amides is 1. The molecule has 0 aliphatic rings. The maximum absolute atomic E-state index is 13.9. The van der Waals surface area contributed by atoms with Gasteiger partial charge in [-0.15, -0.1) is 0 Å². The van der Waals surface area contributed by atoms with Crippen molar-refractivity contribution in [3.63, 3.8) is 0 Å². The van der Waals surface area contributed by atoms with Gasteiger partial charge >= 0.3 is 0 Å². The Kier molecular flexibility index (Phi) is 7.61. The summed E-state index contributed by atoms with van der Waals surface area (Å²) in [6.45, 7) is 1.75. The number of rotatable bonds is 8. The Labute approximate surface area is 182 Å². The fourth-order valence-corrected chi connectivity index (χ4v) is 3.63. The number of nitrogens with one attached hydrogen (secondary N) is 2. The Morgan fingerprint density at radius 1 is 1.00 bits per heavy atom. The summed E-state index contributed by atoms with van der Waals surface area (Å²) in [6.07, 6.45) is 1.54. The van der Waals surface area contributed by atoms with Crippen LogP contribution in [-0.2, 0) is 11.2 Å². The molecule has 0 aromatic heterocycles. The zero-order valence-corrected chi connectivity index (χ0v) is 17.9. The Bertz CT molecular complexity index is 976. The van der Waals surface area contributed by atoms with Crippen LogP contribution in [0.15, 0.2) is 72.8 Å². The number of hydrogen-bond donors (Lipinski definition) is 2. The first-order chi connectivity index (χ1) is 14.5. The van der Waals surface area contributed by atoms with E-state index < -0.39 is 6.04 Å². The first-order valence-electron chi connectivity index (χ1n) is 10.0. The highest BCUT2D eigenvalue weighted by Crippen LogP contribution is 2.26. The van der Waals surface area contributed by atoms with Crippen LogP contribution >= 0.6 is 11.6 Å². The summed E-state index contributed by atoms with van der Waals surface area (Å²) in [5, 5.41) is 6.95. The lowest BCUT2D eigenvalue weighted by atomic mass is 9.95. The number of carbonyl (C=O) groups excluding carboxylic acids is 1. The average Bonchev–Trinajstić information content (AvgIpc) is 2.77. The molecule has 156 valence electrons. The molecule has 0 unspecified atom stereocenters. The molecule has 0 heterocycles. The van der Waals surface area contributed by atoms with Crippen molar-refractivity contribution in [1.29, 1.82) is 0 Å². The number of benzene rings is 3. The third-order valence-electron chi connectivity index (χ3n) is 5.23. The van der Waals surface area contributed by atoms with Gasteiger partial charge in [-0.1, -0.05) is 66.2 Å². The molecule has 0 aliphatic heterocycles. The van der Waals surface area contributed by atoms with Crippen molar-refractivity contribution in [1.82, 2.24) is 10.6 Å². The van der Waals surface area contributed by atoms with Gasteiger partial charge in [-0.05, 0) is 60.2 Å². The Hall–Kier alpha value is -2.69. The molecule has 0 fully saturated rings. The van der Waals surface area contributed by atoms with Crippen molar-refractivity contribution >= 4 is 17.5 Å². The van der Waals surface area contributed by atoms with E-state index in [0.29, 0.717) is 10.6 Å². The molecule has 30 heavy (non-hydrogen) atoms. The molecule has 0 saturated carbocycles. The van der Waals surface area contributed by atoms with Crippen molar-refractivity contribution in [2.45, 2.75) is 31.8 Å². The monoisotopic (exact) mass is 424 g/mol. The highest BCUT2D eigenvalue weighted by atomic mass is 35.5. The molecule has 2 N–H and O–H groups in total. The molecular formula is C25H26ClFN2O. The van der Waals surface area contributed by atoms with Gasteiger partial charge in [0.15, 0.2) is 0 Å². The molecule has 0 radical (unpaired) electrons. The topological polar surface area (TPSA) is 41.1 Å². The van der Waals surface area contributed by atoms with Gasteiger partial charge in [0.1, 0.15) is 11.9 Å². The molecule has 0 spiro atoms. The number of likely N-dealkylation sites (N-methyl/N-ethyl adjacent to an activating group) is 1. The standard InChI is InChI=1S/C25H26ClFN2O/c1-17-16-20(11-14-22(17)27)23(15-10-18-8-12-21(26)13-9-18)29-24(25(30)28-2)19-6-4-3-5-7-19/h3-9,11-14,16,23-24,29H,10,15H2,1-2H3,(H,28,30)/t23-,24-/m0/s1. The van der Waals surface area contributed by atoms with Crippen molar-refractivity contribution in [2.24, 2.45) is 0 Å². The van der Waals surface area contributed by atoms with Crippen LogP contribution in [0, 0.1) is 12.7 Å². The molecular weight excluding hydrogens is 399 g/mol. The quantitative estimate of drug-likeness (QED) is 0.498. The summed E-state index contributed by atoms with van der Waals surface area (Å²) in [5.41, 5.74) is 3.57. The van der Waals surface area contributed by atoms with Gasteiger partial charge in [-0.3, -0.25) is 10.1 Å². The smallest absolute Gasteiger partial charge is 0.241 e. The second kappa shape index (κ2) is 10.4. The summed E-state index contributed by atoms with van der Waals surface area (Å²) in [7, 11) is 1.63. The van der Waals surface area contributed by atoms with Crippen LogP contribution in [0.1, 0.15) is 40.8 Å². The van der Waals surface area contributed by atoms with Crippen LogP contribution < -0.4 is 10.6 Å². The predicted molar refractivity (Wildman–Crippen MR) is 120 cm³/mol. The fraction of sp³-hybridized carbons (Fsp3) is 0.240.